The molecule has 0 bridgehead atoms. The minimum absolute atomic E-state index is 0.0251. The Morgan fingerprint density at radius 2 is 1.32 bits per heavy atom. The lowest BCUT2D eigenvalue weighted by atomic mass is 9.61. The van der Waals surface area contributed by atoms with Gasteiger partial charge < -0.3 is 9.47 Å². The van der Waals surface area contributed by atoms with Crippen molar-refractivity contribution in [2.24, 2.45) is 0 Å². The molecule has 4 aliphatic carbocycles. The summed E-state index contributed by atoms with van der Waals surface area (Å²) in [5, 5.41) is 28.5. The van der Waals surface area contributed by atoms with E-state index in [-0.39, 0.29) is 22.1 Å². The third-order valence-corrected chi connectivity index (χ3v) is 18.1. The van der Waals surface area contributed by atoms with Gasteiger partial charge in [0.15, 0.2) is 0 Å². The Kier molecular flexibility index (Phi) is 10.3. The van der Waals surface area contributed by atoms with Gasteiger partial charge in [0.1, 0.15) is 29.2 Å². The van der Waals surface area contributed by atoms with Crippen LogP contribution in [0.25, 0.3) is 57.6 Å². The Morgan fingerprint density at radius 1 is 0.702 bits per heavy atom. The van der Waals surface area contributed by atoms with Crippen molar-refractivity contribution in [2.45, 2.75) is 102 Å². The van der Waals surface area contributed by atoms with Crippen LogP contribution in [-0.4, -0.2) is 13.2 Å². The van der Waals surface area contributed by atoms with E-state index in [1.807, 2.05) is 52.2 Å². The van der Waals surface area contributed by atoms with Crippen molar-refractivity contribution in [3.63, 3.8) is 0 Å². The van der Waals surface area contributed by atoms with Crippen LogP contribution in [0.1, 0.15) is 127 Å². The molecule has 5 heterocycles. The minimum atomic E-state index is -0.0951. The molecule has 2 fully saturated rings. The van der Waals surface area contributed by atoms with Gasteiger partial charge in [0.2, 0.25) is 0 Å². The Labute approximate surface area is 354 Å². The third-order valence-electron chi connectivity index (χ3n) is 12.0. The number of rotatable bonds is 10. The van der Waals surface area contributed by atoms with Gasteiger partial charge in [-0.2, -0.15) is 10.5 Å². The first-order valence-electron chi connectivity index (χ1n) is 19.9. The number of fused-ring (bicyclic) bond motifs is 10. The Bertz CT molecular complexity index is 2650. The smallest absolute Gasteiger partial charge is 0.263 e. The minimum Gasteiger partial charge on any atom is -0.492 e. The Hall–Kier alpha value is -4.46. The van der Waals surface area contributed by atoms with Gasteiger partial charge in [-0.1, -0.05) is 52.4 Å². The molecular weight excluding hydrogens is 801 g/mol. The molecule has 0 aliphatic heterocycles. The van der Waals surface area contributed by atoms with E-state index in [4.69, 9.17) is 16.0 Å². The van der Waals surface area contributed by atoms with Crippen LogP contribution < -0.4 is 9.47 Å². The fourth-order valence-electron chi connectivity index (χ4n) is 9.76. The number of hydrogen-bond acceptors (Lipinski definition) is 10. The monoisotopic (exact) mass is 840 g/mol. The third kappa shape index (κ3) is 6.14. The summed E-state index contributed by atoms with van der Waals surface area (Å²) < 4.78 is 15.5. The molecule has 0 amide bonds. The van der Waals surface area contributed by atoms with Crippen LogP contribution in [0.5, 0.6) is 11.5 Å². The van der Waals surface area contributed by atoms with Crippen molar-refractivity contribution < 1.29 is 9.47 Å². The molecule has 0 aromatic carbocycles. The summed E-state index contributed by atoms with van der Waals surface area (Å²) in [6.07, 6.45) is 19.6. The molecule has 57 heavy (non-hydrogen) atoms. The average Bonchev–Trinajstić information content (AvgIpc) is 4.10. The van der Waals surface area contributed by atoms with Crippen LogP contribution >= 0.6 is 56.7 Å². The zero-order chi connectivity index (χ0) is 39.3. The summed E-state index contributed by atoms with van der Waals surface area (Å²) in [7, 11) is 0. The van der Waals surface area contributed by atoms with Gasteiger partial charge >= 0.3 is 0 Å². The quantitative estimate of drug-likeness (QED) is 0.103. The highest BCUT2D eigenvalue weighted by atomic mass is 32.1. The van der Waals surface area contributed by atoms with Gasteiger partial charge in [-0.15, -0.1) is 56.7 Å². The predicted molar refractivity (Wildman–Crippen MR) is 238 cm³/mol. The van der Waals surface area contributed by atoms with E-state index in [1.54, 1.807) is 51.5 Å². The highest BCUT2D eigenvalue weighted by Gasteiger charge is 2.56. The maximum absolute atomic E-state index is 9.59. The van der Waals surface area contributed by atoms with Crippen molar-refractivity contribution in [1.82, 2.24) is 0 Å². The number of hydrogen-bond donors (Lipinski definition) is 0. The van der Waals surface area contributed by atoms with Crippen molar-refractivity contribution in [1.29, 1.82) is 15.8 Å². The second-order valence-corrected chi connectivity index (χ2v) is 20.7. The van der Waals surface area contributed by atoms with Crippen LogP contribution in [0.15, 0.2) is 29.5 Å². The van der Waals surface area contributed by atoms with Crippen molar-refractivity contribution in [3.8, 4) is 49.2 Å². The zero-order valence-corrected chi connectivity index (χ0v) is 36.1. The number of nitriles is 3. The summed E-state index contributed by atoms with van der Waals surface area (Å²) in [4.78, 5) is 13.0. The second-order valence-electron chi connectivity index (χ2n) is 15.4. The standard InChI is InChI=1S/C46H40N4O2S5/c1-4-16-51-32-21-30(19-28(26-49)50-3)53-40(32)31-22-34-37(45(31)12-8-6-9-13-45)38-43(55-34)44-39(46(38)14-10-7-11-15-46)42-36(57-44)23-35(56-42)41-33(52-17-5-2)20-29(54-41)18-27(24-47)25-48/h18-23H,4-17H2,1-2H3/b28-19+. The fourth-order valence-corrected chi connectivity index (χ4v) is 16.5. The van der Waals surface area contributed by atoms with Gasteiger partial charge in [0.05, 0.1) is 50.1 Å². The topological polar surface area (TPSA) is 94.2 Å². The molecule has 0 N–H and O–H groups in total. The lowest BCUT2D eigenvalue weighted by molar-refractivity contribution is 0.315. The van der Waals surface area contributed by atoms with Crippen molar-refractivity contribution in [3.05, 3.63) is 77.1 Å². The second kappa shape index (κ2) is 15.4. The highest BCUT2D eigenvalue weighted by molar-refractivity contribution is 7.34. The largest absolute Gasteiger partial charge is 0.492 e. The summed E-state index contributed by atoms with van der Waals surface area (Å²) in [6.45, 7) is 13.0. The fraction of sp³-hybridized carbons (Fsp3) is 0.391. The van der Waals surface area contributed by atoms with Crippen LogP contribution in [0.3, 0.4) is 0 Å². The lowest BCUT2D eigenvalue weighted by Crippen LogP contribution is -2.34. The first-order chi connectivity index (χ1) is 27.9. The Balaban J connectivity index is 1.20. The zero-order valence-electron chi connectivity index (χ0n) is 32.0. The van der Waals surface area contributed by atoms with E-state index >= 15 is 0 Å². The normalized spacial score (nSPS) is 17.3. The Morgan fingerprint density at radius 3 is 1.95 bits per heavy atom. The molecule has 2 saturated carbocycles. The molecule has 0 atom stereocenters. The van der Waals surface area contributed by atoms with E-state index in [2.05, 4.69) is 43.0 Å². The van der Waals surface area contributed by atoms with Crippen molar-refractivity contribution >= 4 is 89.9 Å². The van der Waals surface area contributed by atoms with Gasteiger partial charge in [-0.25, -0.2) is 10.1 Å². The average molecular weight is 841 g/mol. The molecule has 9 rings (SSSR count). The van der Waals surface area contributed by atoms with Crippen LogP contribution in [0.4, 0.5) is 0 Å². The summed E-state index contributed by atoms with van der Waals surface area (Å²) >= 11 is 9.14. The first-order valence-corrected chi connectivity index (χ1v) is 24.0. The molecule has 11 heteroatoms. The number of thiophene rings is 5. The molecule has 5 aromatic heterocycles. The maximum atomic E-state index is 9.59. The van der Waals surface area contributed by atoms with E-state index < -0.39 is 0 Å². The molecular formula is C46H40N4O2S5. The van der Waals surface area contributed by atoms with Crippen LogP contribution in [0.2, 0.25) is 0 Å². The van der Waals surface area contributed by atoms with Crippen LogP contribution in [-0.2, 0) is 10.8 Å². The highest BCUT2D eigenvalue weighted by Crippen LogP contribution is 2.70. The summed E-state index contributed by atoms with van der Waals surface area (Å²) in [5.74, 6) is 1.70. The molecule has 0 saturated heterocycles. The number of nitrogens with zero attached hydrogens (tertiary/aromatic N) is 4. The predicted octanol–water partition coefficient (Wildman–Crippen LogP) is 14.6. The molecule has 5 aromatic rings. The SMILES string of the molecule is [C-]#[N+]/C(C#N)=C/c1cc(OCCC)c(C2=Cc3sc4c(c3C23CCCCC3)C2(CCCCC2)c2c-4sc3cc(-c4sc(C=C(C#N)C#N)cc4OCCC)sc23)s1. The van der Waals surface area contributed by atoms with Crippen molar-refractivity contribution in [2.75, 3.05) is 13.2 Å². The van der Waals surface area contributed by atoms with Gasteiger partial charge in [0.25, 0.3) is 5.70 Å². The molecule has 2 spiro atoms. The van der Waals surface area contributed by atoms with E-state index in [0.29, 0.717) is 13.2 Å². The first kappa shape index (κ1) is 38.1. The lowest BCUT2D eigenvalue weighted by Gasteiger charge is -2.42. The van der Waals surface area contributed by atoms with Gasteiger partial charge in [-0.3, -0.25) is 0 Å². The summed E-state index contributed by atoms with van der Waals surface area (Å²) in [5.41, 5.74) is 6.22. The molecule has 6 nitrogen and oxygen atoms in total. The van der Waals surface area contributed by atoms with Crippen LogP contribution in [0, 0.1) is 40.6 Å². The summed E-state index contributed by atoms with van der Waals surface area (Å²) in [6, 6.07) is 12.5. The van der Waals surface area contributed by atoms with E-state index in [1.165, 1.54) is 73.0 Å². The van der Waals surface area contributed by atoms with Gasteiger partial charge in [0, 0.05) is 40.6 Å². The van der Waals surface area contributed by atoms with Gasteiger partial charge in [-0.05, 0) is 91.7 Å². The molecule has 0 unspecified atom stereocenters. The maximum Gasteiger partial charge on any atom is 0.263 e. The molecule has 286 valence electrons. The molecule has 4 aliphatic rings. The van der Waals surface area contributed by atoms with E-state index in [9.17, 15) is 15.8 Å². The number of allylic oxidation sites excluding steroid dienone is 3. The van der Waals surface area contributed by atoms with E-state index in [0.717, 1.165) is 69.5 Å². The molecule has 0 radical (unpaired) electrons. The number of ether oxygens (including phenoxy) is 2.